The SMILES string of the molecule is CCCCN1CCCC1CNS(=O)(=O)c1ccc(Nc2ccnc3cc(Cl)ccc23)cc1. The van der Waals surface area contributed by atoms with Crippen LogP contribution in [0, 0.1) is 0 Å². The number of nitrogens with one attached hydrogen (secondary N) is 2. The van der Waals surface area contributed by atoms with Crippen molar-refractivity contribution in [1.82, 2.24) is 14.6 Å². The maximum absolute atomic E-state index is 12.8. The van der Waals surface area contributed by atoms with Crippen LogP contribution in [0.25, 0.3) is 10.9 Å². The van der Waals surface area contributed by atoms with Crippen LogP contribution in [-0.4, -0.2) is 44.0 Å². The van der Waals surface area contributed by atoms with Crippen LogP contribution >= 0.6 is 11.6 Å². The van der Waals surface area contributed by atoms with E-state index in [2.05, 4.69) is 26.8 Å². The zero-order valence-electron chi connectivity index (χ0n) is 18.2. The van der Waals surface area contributed by atoms with Gasteiger partial charge in [-0.25, -0.2) is 13.1 Å². The van der Waals surface area contributed by atoms with Gasteiger partial charge in [0.1, 0.15) is 0 Å². The molecule has 4 rings (SSSR count). The Hall–Kier alpha value is -2.19. The van der Waals surface area contributed by atoms with Crippen molar-refractivity contribution in [1.29, 1.82) is 0 Å². The molecule has 170 valence electrons. The van der Waals surface area contributed by atoms with Crippen molar-refractivity contribution in [3.63, 3.8) is 0 Å². The summed E-state index contributed by atoms with van der Waals surface area (Å²) in [6.07, 6.45) is 6.19. The lowest BCUT2D eigenvalue weighted by molar-refractivity contribution is 0.250. The Morgan fingerprint density at radius 2 is 1.97 bits per heavy atom. The molecule has 8 heteroatoms. The summed E-state index contributed by atoms with van der Waals surface area (Å²) in [4.78, 5) is 7.03. The summed E-state index contributed by atoms with van der Waals surface area (Å²) in [5, 5.41) is 4.92. The number of halogens is 1. The zero-order chi connectivity index (χ0) is 22.6. The largest absolute Gasteiger partial charge is 0.355 e. The second-order valence-electron chi connectivity index (χ2n) is 8.21. The van der Waals surface area contributed by atoms with E-state index in [0.717, 1.165) is 61.1 Å². The molecule has 0 spiro atoms. The number of likely N-dealkylation sites (tertiary alicyclic amines) is 1. The number of anilines is 2. The van der Waals surface area contributed by atoms with Crippen molar-refractivity contribution in [3.05, 3.63) is 59.8 Å². The minimum Gasteiger partial charge on any atom is -0.355 e. The second-order valence-corrected chi connectivity index (χ2v) is 10.4. The number of hydrogen-bond donors (Lipinski definition) is 2. The zero-order valence-corrected chi connectivity index (χ0v) is 19.8. The van der Waals surface area contributed by atoms with E-state index in [4.69, 9.17) is 11.6 Å². The van der Waals surface area contributed by atoms with E-state index in [-0.39, 0.29) is 10.9 Å². The van der Waals surface area contributed by atoms with Gasteiger partial charge in [0.2, 0.25) is 10.0 Å². The van der Waals surface area contributed by atoms with Crippen molar-refractivity contribution >= 4 is 43.9 Å². The highest BCUT2D eigenvalue weighted by Gasteiger charge is 2.25. The molecule has 2 aromatic carbocycles. The first-order valence-electron chi connectivity index (χ1n) is 11.1. The van der Waals surface area contributed by atoms with Crippen LogP contribution in [0.5, 0.6) is 0 Å². The molecule has 3 aromatic rings. The number of nitrogens with zero attached hydrogens (tertiary/aromatic N) is 2. The Kier molecular flexibility index (Phi) is 7.30. The number of rotatable bonds is 9. The molecule has 0 radical (unpaired) electrons. The number of unbranched alkanes of at least 4 members (excludes halogenated alkanes) is 1. The smallest absolute Gasteiger partial charge is 0.240 e. The molecule has 32 heavy (non-hydrogen) atoms. The molecule has 0 amide bonds. The molecule has 1 saturated heterocycles. The lowest BCUT2D eigenvalue weighted by Gasteiger charge is -2.24. The van der Waals surface area contributed by atoms with Gasteiger partial charge in [0, 0.05) is 40.6 Å². The van der Waals surface area contributed by atoms with Crippen molar-refractivity contribution in [2.45, 2.75) is 43.5 Å². The predicted octanol–water partition coefficient (Wildman–Crippen LogP) is 5.17. The molecule has 0 saturated carbocycles. The number of benzene rings is 2. The maximum atomic E-state index is 12.8. The monoisotopic (exact) mass is 472 g/mol. The molecule has 2 heterocycles. The van der Waals surface area contributed by atoms with E-state index in [1.54, 1.807) is 30.5 Å². The number of hydrogen-bond acceptors (Lipinski definition) is 5. The summed E-state index contributed by atoms with van der Waals surface area (Å²) in [5.41, 5.74) is 2.48. The first kappa shape index (κ1) is 23.0. The van der Waals surface area contributed by atoms with E-state index >= 15 is 0 Å². The fourth-order valence-electron chi connectivity index (χ4n) is 4.17. The van der Waals surface area contributed by atoms with Gasteiger partial charge < -0.3 is 5.32 Å². The molecule has 1 aromatic heterocycles. The highest BCUT2D eigenvalue weighted by atomic mass is 35.5. The van der Waals surface area contributed by atoms with Crippen LogP contribution in [-0.2, 0) is 10.0 Å². The molecule has 1 atom stereocenters. The number of sulfonamides is 1. The Morgan fingerprint density at radius 3 is 2.75 bits per heavy atom. The molecule has 2 N–H and O–H groups in total. The number of pyridine rings is 1. The minimum atomic E-state index is -3.55. The quantitative estimate of drug-likeness (QED) is 0.449. The summed E-state index contributed by atoms with van der Waals surface area (Å²) in [7, 11) is -3.55. The van der Waals surface area contributed by atoms with Crippen LogP contribution < -0.4 is 10.0 Å². The van der Waals surface area contributed by atoms with Crippen molar-refractivity contribution in [3.8, 4) is 0 Å². The highest BCUT2D eigenvalue weighted by molar-refractivity contribution is 7.89. The van der Waals surface area contributed by atoms with Crippen LogP contribution in [0.2, 0.25) is 5.02 Å². The van der Waals surface area contributed by atoms with E-state index in [1.807, 2.05) is 24.3 Å². The van der Waals surface area contributed by atoms with Gasteiger partial charge in [-0.05, 0) is 80.9 Å². The summed E-state index contributed by atoms with van der Waals surface area (Å²) < 4.78 is 28.4. The lowest BCUT2D eigenvalue weighted by atomic mass is 10.2. The third-order valence-corrected chi connectivity index (χ3v) is 7.63. The summed E-state index contributed by atoms with van der Waals surface area (Å²) in [6, 6.07) is 14.5. The maximum Gasteiger partial charge on any atom is 0.240 e. The summed E-state index contributed by atoms with van der Waals surface area (Å²) in [6.45, 7) is 4.73. The third kappa shape index (κ3) is 5.41. The molecule has 0 bridgehead atoms. The summed E-state index contributed by atoms with van der Waals surface area (Å²) in [5.74, 6) is 0. The Bertz CT molecular complexity index is 1170. The average molecular weight is 473 g/mol. The minimum absolute atomic E-state index is 0.271. The standard InChI is InChI=1S/C24H29ClN4O2S/c1-2-3-14-29-15-4-5-20(29)17-27-32(30,31)21-9-7-19(8-10-21)28-23-12-13-26-24-16-18(25)6-11-22(23)24/h6-13,16,20,27H,2-5,14-15,17H2,1H3,(H,26,28). The van der Waals surface area contributed by atoms with E-state index in [9.17, 15) is 8.42 Å². The van der Waals surface area contributed by atoms with Crippen LogP contribution in [0.4, 0.5) is 11.4 Å². The van der Waals surface area contributed by atoms with Gasteiger partial charge in [0.25, 0.3) is 0 Å². The Balaban J connectivity index is 1.42. The first-order chi connectivity index (χ1) is 15.5. The second kappa shape index (κ2) is 10.2. The van der Waals surface area contributed by atoms with Gasteiger partial charge in [-0.15, -0.1) is 0 Å². The molecule has 0 aliphatic carbocycles. The van der Waals surface area contributed by atoms with Crippen LogP contribution in [0.1, 0.15) is 32.6 Å². The molecular formula is C24H29ClN4O2S. The number of aromatic nitrogens is 1. The first-order valence-corrected chi connectivity index (χ1v) is 13.0. The lowest BCUT2D eigenvalue weighted by Crippen LogP contribution is -2.40. The van der Waals surface area contributed by atoms with Gasteiger partial charge in [0.15, 0.2) is 0 Å². The van der Waals surface area contributed by atoms with Gasteiger partial charge in [-0.2, -0.15) is 0 Å². The van der Waals surface area contributed by atoms with E-state index < -0.39 is 10.0 Å². The fraction of sp³-hybridized carbons (Fsp3) is 0.375. The Morgan fingerprint density at radius 1 is 1.16 bits per heavy atom. The van der Waals surface area contributed by atoms with Crippen molar-refractivity contribution < 1.29 is 8.42 Å². The molecule has 1 fully saturated rings. The summed E-state index contributed by atoms with van der Waals surface area (Å²) >= 11 is 6.06. The predicted molar refractivity (Wildman–Crippen MR) is 131 cm³/mol. The molecule has 1 unspecified atom stereocenters. The topological polar surface area (TPSA) is 74.3 Å². The van der Waals surface area contributed by atoms with Crippen LogP contribution in [0.3, 0.4) is 0 Å². The van der Waals surface area contributed by atoms with Gasteiger partial charge in [-0.1, -0.05) is 24.9 Å². The molecule has 6 nitrogen and oxygen atoms in total. The average Bonchev–Trinajstić information content (AvgIpc) is 3.24. The van der Waals surface area contributed by atoms with Crippen LogP contribution in [0.15, 0.2) is 59.6 Å². The van der Waals surface area contributed by atoms with Gasteiger partial charge in [-0.3, -0.25) is 9.88 Å². The molecule has 1 aliphatic heterocycles. The van der Waals surface area contributed by atoms with Gasteiger partial charge >= 0.3 is 0 Å². The third-order valence-electron chi connectivity index (χ3n) is 5.96. The van der Waals surface area contributed by atoms with Crippen molar-refractivity contribution in [2.75, 3.05) is 25.0 Å². The Labute approximate surface area is 195 Å². The molecular weight excluding hydrogens is 444 g/mol. The van der Waals surface area contributed by atoms with Crippen molar-refractivity contribution in [2.24, 2.45) is 0 Å². The van der Waals surface area contributed by atoms with E-state index in [1.165, 1.54) is 0 Å². The molecule has 1 aliphatic rings. The normalized spacial score (nSPS) is 17.1. The van der Waals surface area contributed by atoms with E-state index in [0.29, 0.717) is 11.6 Å². The number of fused-ring (bicyclic) bond motifs is 1. The van der Waals surface area contributed by atoms with Gasteiger partial charge in [0.05, 0.1) is 10.4 Å². The highest BCUT2D eigenvalue weighted by Crippen LogP contribution is 2.27. The fourth-order valence-corrected chi connectivity index (χ4v) is 5.41.